The van der Waals surface area contributed by atoms with Crippen molar-refractivity contribution in [2.45, 2.75) is 32.3 Å². The summed E-state index contributed by atoms with van der Waals surface area (Å²) in [4.78, 5) is 38.1. The third kappa shape index (κ3) is 2.46. The lowest BCUT2D eigenvalue weighted by Gasteiger charge is -2.34. The van der Waals surface area contributed by atoms with Gasteiger partial charge in [-0.05, 0) is 42.9 Å². The van der Waals surface area contributed by atoms with Crippen molar-refractivity contribution in [1.29, 1.82) is 0 Å². The third-order valence-corrected chi connectivity index (χ3v) is 5.97. The van der Waals surface area contributed by atoms with Gasteiger partial charge in [0.25, 0.3) is 0 Å². The van der Waals surface area contributed by atoms with E-state index in [-0.39, 0.29) is 40.7 Å². The van der Waals surface area contributed by atoms with E-state index in [1.165, 1.54) is 6.92 Å². The highest BCUT2D eigenvalue weighted by atomic mass is 16.3. The molecule has 1 aromatic rings. The van der Waals surface area contributed by atoms with Gasteiger partial charge in [-0.15, -0.1) is 0 Å². The van der Waals surface area contributed by atoms with E-state index in [2.05, 4.69) is 6.58 Å². The van der Waals surface area contributed by atoms with Gasteiger partial charge in [-0.2, -0.15) is 0 Å². The summed E-state index contributed by atoms with van der Waals surface area (Å²) >= 11 is 0. The minimum atomic E-state index is -0.936. The van der Waals surface area contributed by atoms with Crippen molar-refractivity contribution in [2.24, 2.45) is 11.8 Å². The second kappa shape index (κ2) is 6.13. The van der Waals surface area contributed by atoms with Crippen molar-refractivity contribution < 1.29 is 24.6 Å². The number of ketones is 3. The second-order valence-corrected chi connectivity index (χ2v) is 7.44. The van der Waals surface area contributed by atoms with Crippen LogP contribution in [0.2, 0.25) is 0 Å². The van der Waals surface area contributed by atoms with Crippen LogP contribution in [-0.4, -0.2) is 33.7 Å². The number of Topliss-reactive ketones (excluding diaryl/α,β-unsaturated/α-hetero) is 3. The van der Waals surface area contributed by atoms with E-state index in [9.17, 15) is 24.6 Å². The minimum absolute atomic E-state index is 0.0678. The SMILES string of the molecule is C=C1C2=C(CCC(O)C(C(C)=O)C2)C(O)=C2C(=O)c3ccccc3C(=O)C12. The fourth-order valence-electron chi connectivity index (χ4n) is 4.50. The van der Waals surface area contributed by atoms with Crippen molar-refractivity contribution >= 4 is 17.3 Å². The lowest BCUT2D eigenvalue weighted by Crippen LogP contribution is -2.35. The monoisotopic (exact) mass is 364 g/mol. The molecular formula is C22H20O5. The molecule has 138 valence electrons. The first-order chi connectivity index (χ1) is 12.8. The van der Waals surface area contributed by atoms with Gasteiger partial charge in [0.05, 0.1) is 17.6 Å². The number of allylic oxidation sites excluding steroid dienone is 4. The molecule has 3 aliphatic carbocycles. The Balaban J connectivity index is 1.90. The molecule has 1 aromatic carbocycles. The number of rotatable bonds is 1. The first-order valence-electron chi connectivity index (χ1n) is 9.04. The maximum Gasteiger partial charge on any atom is 0.194 e. The normalized spacial score (nSPS) is 27.8. The molecule has 0 saturated carbocycles. The largest absolute Gasteiger partial charge is 0.507 e. The number of aliphatic hydroxyl groups is 2. The molecule has 0 bridgehead atoms. The van der Waals surface area contributed by atoms with Gasteiger partial charge in [-0.1, -0.05) is 30.8 Å². The first-order valence-corrected chi connectivity index (χ1v) is 9.04. The molecular weight excluding hydrogens is 344 g/mol. The summed E-state index contributed by atoms with van der Waals surface area (Å²) in [6.45, 7) is 5.49. The summed E-state index contributed by atoms with van der Waals surface area (Å²) < 4.78 is 0. The zero-order chi connectivity index (χ0) is 19.5. The van der Waals surface area contributed by atoms with Crippen molar-refractivity contribution in [3.63, 3.8) is 0 Å². The van der Waals surface area contributed by atoms with E-state index in [1.54, 1.807) is 24.3 Å². The van der Waals surface area contributed by atoms with Crippen LogP contribution in [0.3, 0.4) is 0 Å². The Labute approximate surface area is 156 Å². The zero-order valence-electron chi connectivity index (χ0n) is 15.0. The van der Waals surface area contributed by atoms with Crippen molar-refractivity contribution in [3.8, 4) is 0 Å². The predicted octanol–water partition coefficient (Wildman–Crippen LogP) is 3.11. The number of hydrogen-bond acceptors (Lipinski definition) is 5. The van der Waals surface area contributed by atoms with E-state index in [1.807, 2.05) is 0 Å². The highest BCUT2D eigenvalue weighted by molar-refractivity contribution is 6.25. The Morgan fingerprint density at radius 3 is 2.48 bits per heavy atom. The second-order valence-electron chi connectivity index (χ2n) is 7.44. The van der Waals surface area contributed by atoms with Crippen molar-refractivity contribution in [3.05, 3.63) is 70.0 Å². The quantitative estimate of drug-likeness (QED) is 0.799. The molecule has 4 rings (SSSR count). The minimum Gasteiger partial charge on any atom is -0.507 e. The average Bonchev–Trinajstić information content (AvgIpc) is 2.82. The van der Waals surface area contributed by atoms with Gasteiger partial charge in [0.2, 0.25) is 0 Å². The Hall–Kier alpha value is -2.79. The number of carbonyl (C=O) groups excluding carboxylic acids is 3. The number of aliphatic hydroxyl groups excluding tert-OH is 2. The van der Waals surface area contributed by atoms with Crippen LogP contribution in [0.4, 0.5) is 0 Å². The van der Waals surface area contributed by atoms with Crippen LogP contribution >= 0.6 is 0 Å². The van der Waals surface area contributed by atoms with Crippen LogP contribution in [0.25, 0.3) is 0 Å². The molecule has 27 heavy (non-hydrogen) atoms. The first kappa shape index (κ1) is 17.6. The summed E-state index contributed by atoms with van der Waals surface area (Å²) in [6, 6.07) is 6.57. The van der Waals surface area contributed by atoms with Gasteiger partial charge < -0.3 is 10.2 Å². The van der Waals surface area contributed by atoms with Gasteiger partial charge in [-0.25, -0.2) is 0 Å². The van der Waals surface area contributed by atoms with E-state index < -0.39 is 17.9 Å². The molecule has 0 spiro atoms. The summed E-state index contributed by atoms with van der Waals surface area (Å²) in [7, 11) is 0. The molecule has 5 heteroatoms. The molecule has 0 aromatic heterocycles. The maximum absolute atomic E-state index is 13.1. The van der Waals surface area contributed by atoms with Crippen LogP contribution in [0.1, 0.15) is 46.9 Å². The third-order valence-electron chi connectivity index (χ3n) is 5.97. The molecule has 5 nitrogen and oxygen atoms in total. The predicted molar refractivity (Wildman–Crippen MR) is 98.4 cm³/mol. The number of fused-ring (bicyclic) bond motifs is 2. The smallest absolute Gasteiger partial charge is 0.194 e. The zero-order valence-corrected chi connectivity index (χ0v) is 15.0. The maximum atomic E-state index is 13.1. The van der Waals surface area contributed by atoms with Gasteiger partial charge >= 0.3 is 0 Å². The van der Waals surface area contributed by atoms with Gasteiger partial charge in [0.15, 0.2) is 11.6 Å². The summed E-state index contributed by atoms with van der Waals surface area (Å²) in [5, 5.41) is 21.2. The Kier molecular flexibility index (Phi) is 4.00. The van der Waals surface area contributed by atoms with Crippen LogP contribution in [0.15, 0.2) is 58.9 Å². The van der Waals surface area contributed by atoms with Gasteiger partial charge in [0, 0.05) is 17.0 Å². The molecule has 3 atom stereocenters. The Morgan fingerprint density at radius 2 is 1.81 bits per heavy atom. The number of benzene rings is 1. The van der Waals surface area contributed by atoms with Gasteiger partial charge in [-0.3, -0.25) is 14.4 Å². The van der Waals surface area contributed by atoms with Crippen molar-refractivity contribution in [1.82, 2.24) is 0 Å². The molecule has 0 fully saturated rings. The van der Waals surface area contributed by atoms with E-state index in [4.69, 9.17) is 0 Å². The molecule has 0 aliphatic heterocycles. The van der Waals surface area contributed by atoms with Crippen LogP contribution < -0.4 is 0 Å². The Morgan fingerprint density at radius 1 is 1.15 bits per heavy atom. The summed E-state index contributed by atoms with van der Waals surface area (Å²) in [5.74, 6) is -2.51. The molecule has 2 N–H and O–H groups in total. The highest BCUT2D eigenvalue weighted by Crippen LogP contribution is 2.47. The average molecular weight is 364 g/mol. The molecule has 0 saturated heterocycles. The van der Waals surface area contributed by atoms with E-state index >= 15 is 0 Å². The number of carbonyl (C=O) groups is 3. The summed E-state index contributed by atoms with van der Waals surface area (Å²) in [5.41, 5.74) is 2.27. The fraction of sp³-hybridized carbons (Fsp3) is 0.318. The lowest BCUT2D eigenvalue weighted by molar-refractivity contribution is -0.124. The molecule has 3 unspecified atom stereocenters. The fourth-order valence-corrected chi connectivity index (χ4v) is 4.50. The highest BCUT2D eigenvalue weighted by Gasteiger charge is 2.46. The molecule has 3 aliphatic rings. The molecule has 0 amide bonds. The molecule has 0 heterocycles. The molecule has 0 radical (unpaired) electrons. The Bertz CT molecular complexity index is 978. The standard InChI is InChI=1S/C22H20O5/c1-10-15-9-16(11(2)23)17(24)8-7-14(15)22(27)19-18(10)20(25)12-5-3-4-6-13(12)21(19)26/h3-6,16-18,24,27H,1,7-9H2,2H3. The van der Waals surface area contributed by atoms with Crippen LogP contribution in [0.5, 0.6) is 0 Å². The number of hydrogen-bond donors (Lipinski definition) is 2. The van der Waals surface area contributed by atoms with Crippen LogP contribution in [0, 0.1) is 11.8 Å². The van der Waals surface area contributed by atoms with Crippen molar-refractivity contribution in [2.75, 3.05) is 0 Å². The van der Waals surface area contributed by atoms with E-state index in [0.717, 1.165) is 0 Å². The van der Waals surface area contributed by atoms with Gasteiger partial charge in [0.1, 0.15) is 11.5 Å². The lowest BCUT2D eigenvalue weighted by atomic mass is 9.67. The van der Waals surface area contributed by atoms with E-state index in [0.29, 0.717) is 35.1 Å². The van der Waals surface area contributed by atoms with Crippen LogP contribution in [-0.2, 0) is 4.79 Å². The summed E-state index contributed by atoms with van der Waals surface area (Å²) in [6.07, 6.45) is 0.00717. The topological polar surface area (TPSA) is 91.7 Å².